The van der Waals surface area contributed by atoms with Crippen molar-refractivity contribution in [3.63, 3.8) is 0 Å². The average Bonchev–Trinajstić information content (AvgIpc) is 2.84. The van der Waals surface area contributed by atoms with Crippen molar-refractivity contribution in [2.75, 3.05) is 44.3 Å². The lowest BCUT2D eigenvalue weighted by Crippen LogP contribution is -2.61. The van der Waals surface area contributed by atoms with E-state index in [1.54, 1.807) is 12.4 Å². The maximum atomic E-state index is 13.2. The molecule has 1 amide bonds. The van der Waals surface area contributed by atoms with Gasteiger partial charge < -0.3 is 24.0 Å². The van der Waals surface area contributed by atoms with Crippen LogP contribution in [-0.2, 0) is 9.47 Å². The van der Waals surface area contributed by atoms with Crippen LogP contribution in [0, 0.1) is 6.92 Å². The second-order valence-electron chi connectivity index (χ2n) is 9.45. The quantitative estimate of drug-likeness (QED) is 0.616. The Morgan fingerprint density at radius 1 is 1.24 bits per heavy atom. The summed E-state index contributed by atoms with van der Waals surface area (Å²) in [6, 6.07) is 7.51. The number of nitrogens with zero attached hydrogens (tertiary/aromatic N) is 4. The summed E-state index contributed by atoms with van der Waals surface area (Å²) >= 11 is 0. The maximum absolute atomic E-state index is 13.2. The number of morpholine rings is 1. The average molecular weight is 469 g/mol. The van der Waals surface area contributed by atoms with Crippen molar-refractivity contribution in [3.8, 4) is 5.75 Å². The van der Waals surface area contributed by atoms with Gasteiger partial charge in [0.1, 0.15) is 5.75 Å². The van der Waals surface area contributed by atoms with Crippen molar-refractivity contribution in [2.24, 2.45) is 0 Å². The third-order valence-electron chi connectivity index (χ3n) is 6.41. The van der Waals surface area contributed by atoms with E-state index in [4.69, 9.17) is 14.2 Å². The first kappa shape index (κ1) is 24.4. The minimum absolute atomic E-state index is 0.0546. The molecule has 0 N–H and O–H groups in total. The van der Waals surface area contributed by atoms with Gasteiger partial charge in [0.25, 0.3) is 5.91 Å². The summed E-state index contributed by atoms with van der Waals surface area (Å²) in [5.41, 5.74) is 1.32. The molecule has 2 aliphatic rings. The molecule has 2 aromatic rings. The minimum atomic E-state index is -0.346. The molecular weight excluding hydrogens is 432 g/mol. The molecule has 184 valence electrons. The molecule has 34 heavy (non-hydrogen) atoms. The van der Waals surface area contributed by atoms with E-state index in [1.807, 2.05) is 56.9 Å². The number of hydrogen-bond donors (Lipinski definition) is 0. The summed E-state index contributed by atoms with van der Waals surface area (Å²) in [4.78, 5) is 26.3. The minimum Gasteiger partial charge on any atom is -0.491 e. The molecule has 8 heteroatoms. The normalized spacial score (nSPS) is 20.1. The molecule has 2 fully saturated rings. The summed E-state index contributed by atoms with van der Waals surface area (Å²) < 4.78 is 18.1. The molecule has 1 aromatic carbocycles. The standard InChI is InChI=1S/C26H36N4O4/c1-5-32-17-22-16-30(25-27-11-6-12-28-25)18-26(34-22)9-13-29(14-10-26)24(31)21-7-8-23(20(4)15-21)33-19(2)3/h6-8,11-12,15,19,22H,5,9-10,13-14,16-18H2,1-4H3. The molecule has 1 atom stereocenters. The van der Waals surface area contributed by atoms with Gasteiger partial charge in [-0.15, -0.1) is 0 Å². The lowest BCUT2D eigenvalue weighted by Gasteiger charge is -2.50. The van der Waals surface area contributed by atoms with Crippen molar-refractivity contribution in [1.29, 1.82) is 0 Å². The van der Waals surface area contributed by atoms with Crippen LogP contribution in [0.1, 0.15) is 49.5 Å². The smallest absolute Gasteiger partial charge is 0.253 e. The number of likely N-dealkylation sites (tertiary alicyclic amines) is 1. The van der Waals surface area contributed by atoms with Gasteiger partial charge in [-0.25, -0.2) is 9.97 Å². The number of aromatic nitrogens is 2. The lowest BCUT2D eigenvalue weighted by atomic mass is 9.88. The number of piperidine rings is 1. The van der Waals surface area contributed by atoms with Gasteiger partial charge in [0.2, 0.25) is 5.95 Å². The van der Waals surface area contributed by atoms with E-state index in [-0.39, 0.29) is 23.7 Å². The van der Waals surface area contributed by atoms with E-state index in [2.05, 4.69) is 14.9 Å². The molecule has 0 saturated carbocycles. The van der Waals surface area contributed by atoms with Gasteiger partial charge in [0.15, 0.2) is 0 Å². The van der Waals surface area contributed by atoms with E-state index < -0.39 is 0 Å². The molecule has 2 aliphatic heterocycles. The Hall–Kier alpha value is -2.71. The Morgan fingerprint density at radius 3 is 2.62 bits per heavy atom. The fourth-order valence-corrected chi connectivity index (χ4v) is 4.77. The topological polar surface area (TPSA) is 77.0 Å². The van der Waals surface area contributed by atoms with Crippen LogP contribution in [0.3, 0.4) is 0 Å². The SMILES string of the molecule is CCOCC1CN(c2ncccn2)CC2(CCN(C(=O)c3ccc(OC(C)C)c(C)c3)CC2)O1. The Labute approximate surface area is 202 Å². The molecule has 1 unspecified atom stereocenters. The highest BCUT2D eigenvalue weighted by atomic mass is 16.5. The predicted molar refractivity (Wildman–Crippen MR) is 130 cm³/mol. The number of benzene rings is 1. The number of rotatable bonds is 7. The Kier molecular flexibility index (Phi) is 7.68. The second kappa shape index (κ2) is 10.7. The number of ether oxygens (including phenoxy) is 3. The summed E-state index contributed by atoms with van der Waals surface area (Å²) in [7, 11) is 0. The highest BCUT2D eigenvalue weighted by molar-refractivity contribution is 5.94. The predicted octanol–water partition coefficient (Wildman–Crippen LogP) is 3.49. The fourth-order valence-electron chi connectivity index (χ4n) is 4.77. The third kappa shape index (κ3) is 5.67. The summed E-state index contributed by atoms with van der Waals surface area (Å²) in [6.07, 6.45) is 5.10. The zero-order valence-corrected chi connectivity index (χ0v) is 20.7. The maximum Gasteiger partial charge on any atom is 0.253 e. The molecule has 8 nitrogen and oxygen atoms in total. The number of aryl methyl sites for hydroxylation is 1. The molecule has 0 radical (unpaired) electrons. The van der Waals surface area contributed by atoms with E-state index in [9.17, 15) is 4.79 Å². The second-order valence-corrected chi connectivity index (χ2v) is 9.45. The number of carbonyl (C=O) groups is 1. The molecule has 0 aliphatic carbocycles. The van der Waals surface area contributed by atoms with Gasteiger partial charge in [-0.05, 0) is 70.4 Å². The number of carbonyl (C=O) groups excluding carboxylic acids is 1. The molecule has 2 saturated heterocycles. The van der Waals surface area contributed by atoms with E-state index in [0.717, 1.165) is 24.2 Å². The molecule has 1 spiro atoms. The molecular formula is C26H36N4O4. The molecule has 0 bridgehead atoms. The van der Waals surface area contributed by atoms with Crippen LogP contribution in [0.4, 0.5) is 5.95 Å². The summed E-state index contributed by atoms with van der Waals surface area (Å²) in [6.45, 7) is 11.9. The van der Waals surface area contributed by atoms with Gasteiger partial charge in [-0.3, -0.25) is 4.79 Å². The largest absolute Gasteiger partial charge is 0.491 e. The summed E-state index contributed by atoms with van der Waals surface area (Å²) in [5, 5.41) is 0. The highest BCUT2D eigenvalue weighted by Crippen LogP contribution is 2.34. The van der Waals surface area contributed by atoms with Crippen molar-refractivity contribution in [2.45, 2.75) is 58.3 Å². The van der Waals surface area contributed by atoms with Crippen LogP contribution < -0.4 is 9.64 Å². The fraction of sp³-hybridized carbons (Fsp3) is 0.577. The number of amides is 1. The monoisotopic (exact) mass is 468 g/mol. The van der Waals surface area contributed by atoms with Crippen molar-refractivity contribution in [3.05, 3.63) is 47.8 Å². The van der Waals surface area contributed by atoms with Crippen LogP contribution in [0.15, 0.2) is 36.7 Å². The Balaban J connectivity index is 1.44. The van der Waals surface area contributed by atoms with Gasteiger partial charge in [0.05, 0.1) is 31.0 Å². The molecule has 1 aromatic heterocycles. The van der Waals surface area contributed by atoms with Crippen LogP contribution in [0.5, 0.6) is 5.75 Å². The van der Waals surface area contributed by atoms with Crippen LogP contribution >= 0.6 is 0 Å². The van der Waals surface area contributed by atoms with Crippen LogP contribution in [0.2, 0.25) is 0 Å². The van der Waals surface area contributed by atoms with Crippen molar-refractivity contribution >= 4 is 11.9 Å². The first-order chi connectivity index (χ1) is 16.4. The first-order valence-corrected chi connectivity index (χ1v) is 12.2. The number of hydrogen-bond acceptors (Lipinski definition) is 7. The molecule has 4 rings (SSSR count). The van der Waals surface area contributed by atoms with Crippen LogP contribution in [-0.4, -0.2) is 78.0 Å². The molecule has 3 heterocycles. The highest BCUT2D eigenvalue weighted by Gasteiger charge is 2.44. The lowest BCUT2D eigenvalue weighted by molar-refractivity contribution is -0.148. The Morgan fingerprint density at radius 2 is 1.97 bits per heavy atom. The summed E-state index contributed by atoms with van der Waals surface area (Å²) in [5.74, 6) is 1.59. The van der Waals surface area contributed by atoms with Crippen molar-refractivity contribution < 1.29 is 19.0 Å². The van der Waals surface area contributed by atoms with Gasteiger partial charge in [-0.2, -0.15) is 0 Å². The van der Waals surface area contributed by atoms with Gasteiger partial charge in [0, 0.05) is 44.2 Å². The van der Waals surface area contributed by atoms with Crippen LogP contribution in [0.25, 0.3) is 0 Å². The first-order valence-electron chi connectivity index (χ1n) is 12.2. The zero-order valence-electron chi connectivity index (χ0n) is 20.7. The van der Waals surface area contributed by atoms with Gasteiger partial charge >= 0.3 is 0 Å². The van der Waals surface area contributed by atoms with E-state index in [1.165, 1.54) is 0 Å². The zero-order chi connectivity index (χ0) is 24.1. The van der Waals surface area contributed by atoms with Gasteiger partial charge in [-0.1, -0.05) is 0 Å². The Bertz CT molecular complexity index is 961. The van der Waals surface area contributed by atoms with E-state index in [0.29, 0.717) is 50.9 Å². The number of anilines is 1. The van der Waals surface area contributed by atoms with E-state index >= 15 is 0 Å². The van der Waals surface area contributed by atoms with Crippen molar-refractivity contribution in [1.82, 2.24) is 14.9 Å². The third-order valence-corrected chi connectivity index (χ3v) is 6.41.